The second-order valence-corrected chi connectivity index (χ2v) is 35.9. The molecule has 3 aliphatic rings. The Balaban J connectivity index is 1.81. The van der Waals surface area contributed by atoms with E-state index in [9.17, 15) is 0 Å². The summed E-state index contributed by atoms with van der Waals surface area (Å²) in [6.45, 7) is 47.3. The molecule has 0 spiro atoms. The summed E-state index contributed by atoms with van der Waals surface area (Å²) < 4.78 is 20.9. The molecule has 3 saturated carbocycles. The Bertz CT molecular complexity index is 1230. The maximum Gasteiger partial charge on any atom is 0.192 e. The van der Waals surface area contributed by atoms with E-state index in [4.69, 9.17) is 13.3 Å². The van der Waals surface area contributed by atoms with Gasteiger partial charge in [0.05, 0.1) is 12.2 Å². The van der Waals surface area contributed by atoms with Crippen molar-refractivity contribution in [3.8, 4) is 0 Å². The average Bonchev–Trinajstić information content (AvgIpc) is 3.29. The highest BCUT2D eigenvalue weighted by Crippen LogP contribution is 2.59. The third-order valence-corrected chi connectivity index (χ3v) is 28.2. The maximum absolute atomic E-state index is 7.12. The van der Waals surface area contributed by atoms with Crippen LogP contribution in [0.25, 0.3) is 0 Å². The van der Waals surface area contributed by atoms with E-state index in [2.05, 4.69) is 153 Å². The molecule has 0 bridgehead atoms. The van der Waals surface area contributed by atoms with E-state index in [0.29, 0.717) is 17.3 Å². The van der Waals surface area contributed by atoms with Gasteiger partial charge in [0.25, 0.3) is 0 Å². The van der Waals surface area contributed by atoms with E-state index in [1.165, 1.54) is 37.7 Å². The molecule has 3 fully saturated rings. The molecule has 0 aromatic rings. The molecule has 0 aromatic heterocycles. The Hall–Kier alpha value is -0.509. The van der Waals surface area contributed by atoms with Crippen LogP contribution in [-0.4, -0.2) is 43.3 Å². The third kappa shape index (κ3) is 10.2. The molecular formula is C44H82O3Si3. The molecule has 0 radical (unpaired) electrons. The van der Waals surface area contributed by atoms with Crippen LogP contribution in [0.15, 0.2) is 47.6 Å². The lowest BCUT2D eigenvalue weighted by molar-refractivity contribution is 0.112. The minimum Gasteiger partial charge on any atom is -0.414 e. The van der Waals surface area contributed by atoms with Gasteiger partial charge in [-0.25, -0.2) is 0 Å². The fourth-order valence-corrected chi connectivity index (χ4v) is 12.2. The standard InChI is InChI=1S/C44H82O3Si3/c1-32(22-20-23-33(2)45-48(14,15)41(4,5)6)37-27-28-38-36(24-21-29-44(37,38)13)26-25-35-30-39(46-49(16,17)42(7,8)9)34(3)40(31-35)47-50(18,19)43(10,11)12/h20,22,25-26,32-33,37-40H,3,21,23-24,27-31H2,1-2,4-19H3/b22-20+,36-26+/t32-,33+,37+,38-,39+,40+,44+/m0/s1. The van der Waals surface area contributed by atoms with Crippen molar-refractivity contribution in [2.45, 2.75) is 207 Å². The van der Waals surface area contributed by atoms with Crippen LogP contribution >= 0.6 is 0 Å². The van der Waals surface area contributed by atoms with E-state index in [0.717, 1.165) is 30.8 Å². The zero-order valence-electron chi connectivity index (χ0n) is 36.4. The van der Waals surface area contributed by atoms with Gasteiger partial charge in [-0.1, -0.05) is 118 Å². The number of hydrogen-bond donors (Lipinski definition) is 0. The summed E-state index contributed by atoms with van der Waals surface area (Å²) in [5.41, 5.74) is 4.70. The summed E-state index contributed by atoms with van der Waals surface area (Å²) >= 11 is 0. The van der Waals surface area contributed by atoms with Gasteiger partial charge in [-0.05, 0) is 141 Å². The monoisotopic (exact) mass is 743 g/mol. The van der Waals surface area contributed by atoms with E-state index in [-0.39, 0.29) is 33.4 Å². The lowest BCUT2D eigenvalue weighted by atomic mass is 9.61. The average molecular weight is 743 g/mol. The van der Waals surface area contributed by atoms with Gasteiger partial charge in [-0.2, -0.15) is 0 Å². The molecule has 288 valence electrons. The second kappa shape index (κ2) is 15.7. The number of allylic oxidation sites excluding steroid dienone is 4. The van der Waals surface area contributed by atoms with E-state index in [1.54, 1.807) is 5.57 Å². The fourth-order valence-electron chi connectivity index (χ4n) is 8.18. The van der Waals surface area contributed by atoms with Crippen molar-refractivity contribution in [2.75, 3.05) is 0 Å². The summed E-state index contributed by atoms with van der Waals surface area (Å²) in [6, 6.07) is 0. The zero-order chi connectivity index (χ0) is 38.3. The molecule has 0 saturated heterocycles. The smallest absolute Gasteiger partial charge is 0.192 e. The van der Waals surface area contributed by atoms with E-state index < -0.39 is 25.0 Å². The first-order chi connectivity index (χ1) is 22.5. The molecule has 0 aromatic carbocycles. The zero-order valence-corrected chi connectivity index (χ0v) is 39.4. The number of fused-ring (bicyclic) bond motifs is 1. The van der Waals surface area contributed by atoms with Gasteiger partial charge in [0.2, 0.25) is 0 Å². The largest absolute Gasteiger partial charge is 0.414 e. The SMILES string of the molecule is C=C1[C@H](O[Si](C)(C)C(C)(C)C)CC(=C/C=C2\CCC[C@]3(C)[C@@H]([C@@H](C)/C=C/C[C@@H](C)O[Si](C)(C)C(C)(C)C)CC[C@@H]23)C[C@H]1O[Si](C)(C)C(C)(C)C. The minimum atomic E-state index is -1.98. The van der Waals surface area contributed by atoms with Crippen LogP contribution in [0.5, 0.6) is 0 Å². The van der Waals surface area contributed by atoms with Crippen molar-refractivity contribution in [3.63, 3.8) is 0 Å². The van der Waals surface area contributed by atoms with E-state index in [1.807, 2.05) is 0 Å². The van der Waals surface area contributed by atoms with E-state index >= 15 is 0 Å². The molecule has 3 nitrogen and oxygen atoms in total. The summed E-state index contributed by atoms with van der Waals surface area (Å²) in [5, 5.41) is 0.557. The summed E-state index contributed by atoms with van der Waals surface area (Å²) in [5.74, 6) is 2.01. The molecule has 7 atom stereocenters. The summed E-state index contributed by atoms with van der Waals surface area (Å²) in [7, 11) is -5.71. The molecule has 6 heteroatoms. The Kier molecular flexibility index (Phi) is 13.8. The number of hydrogen-bond acceptors (Lipinski definition) is 3. The second-order valence-electron chi connectivity index (χ2n) is 21.6. The molecule has 0 amide bonds. The van der Waals surface area contributed by atoms with Gasteiger partial charge in [-0.15, -0.1) is 0 Å². The Morgan fingerprint density at radius 1 is 0.780 bits per heavy atom. The quantitative estimate of drug-likeness (QED) is 0.156. The first-order valence-corrected chi connectivity index (χ1v) is 29.0. The van der Waals surface area contributed by atoms with Crippen molar-refractivity contribution < 1.29 is 13.3 Å². The molecule has 0 heterocycles. The van der Waals surface area contributed by atoms with Gasteiger partial charge >= 0.3 is 0 Å². The van der Waals surface area contributed by atoms with Gasteiger partial charge in [0.15, 0.2) is 25.0 Å². The minimum absolute atomic E-state index is 0.0270. The topological polar surface area (TPSA) is 27.7 Å². The Morgan fingerprint density at radius 3 is 1.76 bits per heavy atom. The normalized spacial score (nSPS) is 29.8. The van der Waals surface area contributed by atoms with Crippen molar-refractivity contribution in [2.24, 2.45) is 23.2 Å². The number of rotatable bonds is 11. The third-order valence-electron chi connectivity index (χ3n) is 14.6. The van der Waals surface area contributed by atoms with Crippen LogP contribution < -0.4 is 0 Å². The summed E-state index contributed by atoms with van der Waals surface area (Å²) in [6.07, 6.45) is 19.8. The Labute approximate surface area is 315 Å². The Morgan fingerprint density at radius 2 is 1.28 bits per heavy atom. The fraction of sp³-hybridized carbons (Fsp3) is 0.818. The van der Waals surface area contributed by atoms with Gasteiger partial charge < -0.3 is 13.3 Å². The maximum atomic E-state index is 7.12. The molecular weight excluding hydrogens is 661 g/mol. The summed E-state index contributed by atoms with van der Waals surface area (Å²) in [4.78, 5) is 0. The predicted molar refractivity (Wildman–Crippen MR) is 228 cm³/mol. The lowest BCUT2D eigenvalue weighted by Gasteiger charge is -2.46. The molecule has 0 aliphatic heterocycles. The predicted octanol–water partition coefficient (Wildman–Crippen LogP) is 14.2. The molecule has 0 unspecified atom stereocenters. The highest BCUT2D eigenvalue weighted by atomic mass is 28.4. The van der Waals surface area contributed by atoms with Gasteiger partial charge in [0.1, 0.15) is 0 Å². The van der Waals surface area contributed by atoms with Crippen LogP contribution in [-0.2, 0) is 13.3 Å². The van der Waals surface area contributed by atoms with Crippen LogP contribution in [0, 0.1) is 23.2 Å². The lowest BCUT2D eigenvalue weighted by Crippen LogP contribution is -2.49. The van der Waals surface area contributed by atoms with Crippen LogP contribution in [0.1, 0.15) is 134 Å². The molecule has 3 rings (SSSR count). The highest BCUT2D eigenvalue weighted by molar-refractivity contribution is 6.75. The van der Waals surface area contributed by atoms with Crippen LogP contribution in [0.2, 0.25) is 54.4 Å². The first kappa shape index (κ1) is 43.9. The highest BCUT2D eigenvalue weighted by Gasteiger charge is 2.50. The van der Waals surface area contributed by atoms with Gasteiger partial charge in [0, 0.05) is 6.10 Å². The van der Waals surface area contributed by atoms with Crippen LogP contribution in [0.4, 0.5) is 0 Å². The van der Waals surface area contributed by atoms with Crippen molar-refractivity contribution in [3.05, 3.63) is 47.6 Å². The molecule has 3 aliphatic carbocycles. The van der Waals surface area contributed by atoms with Crippen molar-refractivity contribution in [1.82, 2.24) is 0 Å². The first-order valence-electron chi connectivity index (χ1n) is 20.3. The molecule has 50 heavy (non-hydrogen) atoms. The van der Waals surface area contributed by atoms with Gasteiger partial charge in [-0.3, -0.25) is 0 Å². The van der Waals surface area contributed by atoms with Crippen LogP contribution in [0.3, 0.4) is 0 Å². The molecule has 0 N–H and O–H groups in total. The van der Waals surface area contributed by atoms with Crippen molar-refractivity contribution >= 4 is 25.0 Å². The van der Waals surface area contributed by atoms with Crippen molar-refractivity contribution in [1.29, 1.82) is 0 Å².